The van der Waals surface area contributed by atoms with Gasteiger partial charge in [0.15, 0.2) is 0 Å². The normalized spacial score (nSPS) is 23.2. The van der Waals surface area contributed by atoms with Crippen LogP contribution in [0.1, 0.15) is 0 Å². The average Bonchev–Trinajstić information content (AvgIpc) is 1.95. The van der Waals surface area contributed by atoms with Crippen molar-refractivity contribution in [1.29, 1.82) is 0 Å². The van der Waals surface area contributed by atoms with E-state index in [9.17, 15) is 22.0 Å². The summed E-state index contributed by atoms with van der Waals surface area (Å²) >= 11 is 0. The molecule has 0 spiro atoms. The first-order valence-electron chi connectivity index (χ1n) is 2.07. The third-order valence-corrected chi connectivity index (χ3v) is 1.94. The molecular formula is C3HF2NO3S. The Balaban J connectivity index is 3.33. The number of halogens is 2. The molecule has 0 fully saturated rings. The predicted molar refractivity (Wildman–Crippen MR) is 26.3 cm³/mol. The van der Waals surface area contributed by atoms with Gasteiger partial charge in [-0.15, -0.1) is 0 Å². The Morgan fingerprint density at radius 1 is 1.30 bits per heavy atom. The van der Waals surface area contributed by atoms with Crippen LogP contribution in [-0.4, -0.2) is 14.3 Å². The summed E-state index contributed by atoms with van der Waals surface area (Å²) in [5.41, 5.74) is 0. The molecule has 0 saturated heterocycles. The molecule has 56 valence electrons. The van der Waals surface area contributed by atoms with E-state index < -0.39 is 26.9 Å². The van der Waals surface area contributed by atoms with Gasteiger partial charge in [-0.25, -0.2) is 4.72 Å². The van der Waals surface area contributed by atoms with E-state index in [2.05, 4.69) is 0 Å². The molecule has 10 heavy (non-hydrogen) atoms. The zero-order valence-corrected chi connectivity index (χ0v) is 5.21. The van der Waals surface area contributed by atoms with Crippen molar-refractivity contribution >= 4 is 15.9 Å². The van der Waals surface area contributed by atoms with Crippen LogP contribution >= 0.6 is 0 Å². The predicted octanol–water partition coefficient (Wildman–Crippen LogP) is -0.446. The van der Waals surface area contributed by atoms with E-state index in [0.29, 0.717) is 0 Å². The number of carbonyl (C=O) groups is 1. The fraction of sp³-hybridized carbons (Fsp3) is 0. The molecule has 1 heterocycles. The highest BCUT2D eigenvalue weighted by molar-refractivity contribution is 7.94. The molecule has 0 aromatic rings. The average molecular weight is 169 g/mol. The van der Waals surface area contributed by atoms with Gasteiger partial charge in [0.1, 0.15) is 0 Å². The van der Waals surface area contributed by atoms with E-state index in [4.69, 9.17) is 0 Å². The quantitative estimate of drug-likeness (QED) is 0.534. The molecule has 0 unspecified atom stereocenters. The van der Waals surface area contributed by atoms with Gasteiger partial charge in [0.05, 0.1) is 0 Å². The monoisotopic (exact) mass is 169 g/mol. The van der Waals surface area contributed by atoms with Crippen LogP contribution in [0.25, 0.3) is 0 Å². The molecule has 0 aromatic heterocycles. The fourth-order valence-corrected chi connectivity index (χ4v) is 1.17. The largest absolute Gasteiger partial charge is 0.297 e. The van der Waals surface area contributed by atoms with Gasteiger partial charge in [-0.1, -0.05) is 0 Å². The van der Waals surface area contributed by atoms with Crippen molar-refractivity contribution in [2.24, 2.45) is 0 Å². The van der Waals surface area contributed by atoms with Crippen LogP contribution < -0.4 is 4.72 Å². The van der Waals surface area contributed by atoms with Gasteiger partial charge >= 0.3 is 0 Å². The van der Waals surface area contributed by atoms with Gasteiger partial charge in [-0.05, 0) is 0 Å². The summed E-state index contributed by atoms with van der Waals surface area (Å²) in [6.45, 7) is 0. The van der Waals surface area contributed by atoms with Crippen LogP contribution in [0, 0.1) is 0 Å². The molecule has 1 rings (SSSR count). The van der Waals surface area contributed by atoms with Crippen molar-refractivity contribution in [2.75, 3.05) is 0 Å². The first kappa shape index (κ1) is 7.13. The number of nitrogens with one attached hydrogen (secondary N) is 1. The third kappa shape index (κ3) is 0.783. The Hall–Kier alpha value is -0.980. The highest BCUT2D eigenvalue weighted by Gasteiger charge is 2.36. The van der Waals surface area contributed by atoms with Crippen LogP contribution in [-0.2, 0) is 14.8 Å². The molecule has 1 aliphatic heterocycles. The summed E-state index contributed by atoms with van der Waals surface area (Å²) in [7, 11) is -4.48. The lowest BCUT2D eigenvalue weighted by Gasteiger charge is -1.87. The summed E-state index contributed by atoms with van der Waals surface area (Å²) in [5.74, 6) is -3.45. The van der Waals surface area contributed by atoms with Crippen molar-refractivity contribution < 1.29 is 22.0 Å². The third-order valence-electron chi connectivity index (χ3n) is 0.835. The van der Waals surface area contributed by atoms with E-state index in [0.717, 1.165) is 4.72 Å². The molecule has 0 aromatic carbocycles. The van der Waals surface area contributed by atoms with Gasteiger partial charge in [-0.3, -0.25) is 4.79 Å². The lowest BCUT2D eigenvalue weighted by molar-refractivity contribution is -0.116. The van der Waals surface area contributed by atoms with Crippen LogP contribution in [0.2, 0.25) is 0 Å². The Bertz CT molecular complexity index is 317. The van der Waals surface area contributed by atoms with Crippen LogP contribution in [0.4, 0.5) is 8.78 Å². The van der Waals surface area contributed by atoms with Crippen LogP contribution in [0.3, 0.4) is 0 Å². The fourth-order valence-electron chi connectivity index (χ4n) is 0.419. The van der Waals surface area contributed by atoms with Crippen LogP contribution in [0.5, 0.6) is 0 Å². The molecule has 0 atom stereocenters. The summed E-state index contributed by atoms with van der Waals surface area (Å²) in [4.78, 5) is 10.0. The lowest BCUT2D eigenvalue weighted by atomic mass is 10.6. The molecule has 0 aliphatic carbocycles. The Labute approximate surface area is 54.6 Å². The number of sulfonamides is 1. The van der Waals surface area contributed by atoms with Crippen LogP contribution in [0.15, 0.2) is 11.0 Å². The highest BCUT2D eigenvalue weighted by atomic mass is 32.2. The van der Waals surface area contributed by atoms with Gasteiger partial charge in [-0.2, -0.15) is 17.2 Å². The van der Waals surface area contributed by atoms with Crippen molar-refractivity contribution in [1.82, 2.24) is 4.72 Å². The van der Waals surface area contributed by atoms with Gasteiger partial charge in [0.25, 0.3) is 21.1 Å². The van der Waals surface area contributed by atoms with E-state index in [1.165, 1.54) is 0 Å². The minimum atomic E-state index is -4.48. The highest BCUT2D eigenvalue weighted by Crippen LogP contribution is 2.20. The SMILES string of the molecule is O=C1NS(=O)(=O)C(F)=C1F. The van der Waals surface area contributed by atoms with Gasteiger partial charge < -0.3 is 0 Å². The maximum absolute atomic E-state index is 12.0. The molecule has 0 bridgehead atoms. The standard InChI is InChI=1S/C3HF2NO3S/c4-1-2(5)10(8,9)6-3(1)7/h(H,6,7). The maximum Gasteiger partial charge on any atom is 0.297 e. The second-order valence-corrected chi connectivity index (χ2v) is 3.09. The van der Waals surface area contributed by atoms with E-state index in [1.807, 2.05) is 0 Å². The molecule has 7 heteroatoms. The number of hydrogen-bond donors (Lipinski definition) is 1. The first-order valence-corrected chi connectivity index (χ1v) is 3.56. The summed E-state index contributed by atoms with van der Waals surface area (Å²) in [5, 5.41) is -2.04. The molecule has 0 radical (unpaired) electrons. The molecule has 1 N–H and O–H groups in total. The summed E-state index contributed by atoms with van der Waals surface area (Å²) in [6, 6.07) is 0. The molecular weight excluding hydrogens is 168 g/mol. The Kier molecular flexibility index (Phi) is 1.25. The van der Waals surface area contributed by atoms with Gasteiger partial charge in [0, 0.05) is 0 Å². The first-order chi connectivity index (χ1) is 4.45. The Morgan fingerprint density at radius 2 is 1.80 bits per heavy atom. The summed E-state index contributed by atoms with van der Waals surface area (Å²) in [6.07, 6.45) is 0. The molecule has 4 nitrogen and oxygen atoms in total. The molecule has 1 amide bonds. The van der Waals surface area contributed by atoms with Crippen molar-refractivity contribution in [3.8, 4) is 0 Å². The van der Waals surface area contributed by atoms with Crippen molar-refractivity contribution in [3.05, 3.63) is 11.0 Å². The summed E-state index contributed by atoms with van der Waals surface area (Å²) < 4.78 is 45.4. The van der Waals surface area contributed by atoms with E-state index in [-0.39, 0.29) is 0 Å². The number of amides is 1. The number of hydrogen-bond acceptors (Lipinski definition) is 3. The molecule has 0 saturated carbocycles. The number of carbonyl (C=O) groups excluding carboxylic acids is 1. The second-order valence-electron chi connectivity index (χ2n) is 1.52. The van der Waals surface area contributed by atoms with E-state index in [1.54, 1.807) is 0 Å². The van der Waals surface area contributed by atoms with Gasteiger partial charge in [0.2, 0.25) is 5.83 Å². The number of rotatable bonds is 0. The maximum atomic E-state index is 12.0. The lowest BCUT2D eigenvalue weighted by Crippen LogP contribution is -2.22. The van der Waals surface area contributed by atoms with Crippen molar-refractivity contribution in [3.63, 3.8) is 0 Å². The smallest absolute Gasteiger partial charge is 0.265 e. The van der Waals surface area contributed by atoms with Crippen molar-refractivity contribution in [2.45, 2.75) is 0 Å². The minimum absolute atomic E-state index is 1.10. The Morgan fingerprint density at radius 3 is 1.90 bits per heavy atom. The minimum Gasteiger partial charge on any atom is -0.265 e. The van der Waals surface area contributed by atoms with E-state index >= 15 is 0 Å². The topological polar surface area (TPSA) is 63.2 Å². The molecule has 1 aliphatic rings. The second kappa shape index (κ2) is 1.75. The zero-order chi connectivity index (χ0) is 7.94. The zero-order valence-electron chi connectivity index (χ0n) is 4.39.